The van der Waals surface area contributed by atoms with Crippen molar-refractivity contribution in [2.24, 2.45) is 0 Å². The highest BCUT2D eigenvalue weighted by molar-refractivity contribution is 5.71. The fourth-order valence-corrected chi connectivity index (χ4v) is 3.37. The van der Waals surface area contributed by atoms with E-state index in [4.69, 9.17) is 5.11 Å². The van der Waals surface area contributed by atoms with Crippen LogP contribution in [-0.2, 0) is 11.2 Å². The molecule has 0 amide bonds. The third-order valence-electron chi connectivity index (χ3n) is 4.63. The van der Waals surface area contributed by atoms with Gasteiger partial charge in [-0.25, -0.2) is 0 Å². The highest BCUT2D eigenvalue weighted by Gasteiger charge is 2.15. The molecule has 0 unspecified atom stereocenters. The molecule has 1 fully saturated rings. The van der Waals surface area contributed by atoms with Crippen LogP contribution < -0.4 is 0 Å². The largest absolute Gasteiger partial charge is 0.481 e. The van der Waals surface area contributed by atoms with Crippen molar-refractivity contribution in [3.8, 4) is 11.1 Å². The van der Waals surface area contributed by atoms with E-state index < -0.39 is 5.97 Å². The molecule has 0 heterocycles. The van der Waals surface area contributed by atoms with Crippen LogP contribution in [0.3, 0.4) is 0 Å². The van der Waals surface area contributed by atoms with Crippen molar-refractivity contribution < 1.29 is 9.90 Å². The molecule has 0 aromatic heterocycles. The number of carbonyl (C=O) groups is 1. The maximum atomic E-state index is 10.7. The first kappa shape index (κ1) is 14.8. The van der Waals surface area contributed by atoms with E-state index in [1.807, 2.05) is 24.3 Å². The summed E-state index contributed by atoms with van der Waals surface area (Å²) in [6.07, 6.45) is 6.83. The van der Waals surface area contributed by atoms with E-state index in [1.54, 1.807) is 0 Å². The summed E-state index contributed by atoms with van der Waals surface area (Å²) in [5.41, 5.74) is 4.65. The molecule has 1 N–H and O–H groups in total. The lowest BCUT2D eigenvalue weighted by molar-refractivity contribution is -0.136. The van der Waals surface area contributed by atoms with Crippen molar-refractivity contribution in [3.63, 3.8) is 0 Å². The molecule has 2 aromatic carbocycles. The highest BCUT2D eigenvalue weighted by atomic mass is 16.4. The lowest BCUT2D eigenvalue weighted by Crippen LogP contribution is -2.04. The van der Waals surface area contributed by atoms with E-state index in [9.17, 15) is 4.79 Å². The van der Waals surface area contributed by atoms with Gasteiger partial charge in [-0.3, -0.25) is 4.79 Å². The second kappa shape index (κ2) is 6.78. The molecule has 0 saturated heterocycles. The van der Waals surface area contributed by atoms with Gasteiger partial charge in [0, 0.05) is 0 Å². The second-order valence-electron chi connectivity index (χ2n) is 6.22. The van der Waals surface area contributed by atoms with Crippen LogP contribution in [0.4, 0.5) is 0 Å². The number of carboxylic acids is 1. The van der Waals surface area contributed by atoms with Crippen LogP contribution in [0.2, 0.25) is 0 Å². The Morgan fingerprint density at radius 1 is 0.864 bits per heavy atom. The number of carboxylic acid groups (broad SMARTS) is 1. The normalized spacial score (nSPS) is 15.6. The van der Waals surface area contributed by atoms with Gasteiger partial charge in [0.1, 0.15) is 0 Å². The Labute approximate surface area is 131 Å². The Hall–Kier alpha value is -2.09. The van der Waals surface area contributed by atoms with Crippen molar-refractivity contribution in [2.75, 3.05) is 0 Å². The molecule has 1 aliphatic rings. The predicted octanol–water partition coefficient (Wildman–Crippen LogP) is 5.03. The molecule has 0 bridgehead atoms. The average Bonchev–Trinajstić information content (AvgIpc) is 2.56. The van der Waals surface area contributed by atoms with Gasteiger partial charge in [0.15, 0.2) is 0 Å². The fourth-order valence-electron chi connectivity index (χ4n) is 3.37. The SMILES string of the molecule is O=C(O)Cc1ccc(-c2ccc(C3CCCCC3)cc2)cc1. The summed E-state index contributed by atoms with van der Waals surface area (Å²) >= 11 is 0. The van der Waals surface area contributed by atoms with Crippen molar-refractivity contribution in [1.29, 1.82) is 0 Å². The number of benzene rings is 2. The standard InChI is InChI=1S/C20H22O2/c21-20(22)14-15-6-8-17(9-7-15)19-12-10-18(11-13-19)16-4-2-1-3-5-16/h6-13,16H,1-5,14H2,(H,21,22). The minimum atomic E-state index is -0.787. The van der Waals surface area contributed by atoms with Crippen LogP contribution in [0, 0.1) is 0 Å². The minimum absolute atomic E-state index is 0.0842. The first-order chi connectivity index (χ1) is 10.7. The fraction of sp³-hybridized carbons (Fsp3) is 0.350. The molecule has 22 heavy (non-hydrogen) atoms. The smallest absolute Gasteiger partial charge is 0.307 e. The molecule has 1 aliphatic carbocycles. The second-order valence-corrected chi connectivity index (χ2v) is 6.22. The van der Waals surface area contributed by atoms with Gasteiger partial charge in [0.25, 0.3) is 0 Å². The molecule has 2 aromatic rings. The number of aliphatic carboxylic acids is 1. The molecular formula is C20H22O2. The maximum Gasteiger partial charge on any atom is 0.307 e. The third kappa shape index (κ3) is 3.56. The summed E-state index contributed by atoms with van der Waals surface area (Å²) in [5.74, 6) is -0.0506. The Bertz CT molecular complexity index is 620. The van der Waals surface area contributed by atoms with Gasteiger partial charge in [-0.05, 0) is 41.0 Å². The minimum Gasteiger partial charge on any atom is -0.481 e. The van der Waals surface area contributed by atoms with E-state index in [-0.39, 0.29) is 6.42 Å². The first-order valence-electron chi connectivity index (χ1n) is 8.13. The van der Waals surface area contributed by atoms with Crippen LogP contribution in [0.25, 0.3) is 11.1 Å². The zero-order chi connectivity index (χ0) is 15.4. The Morgan fingerprint density at radius 2 is 1.41 bits per heavy atom. The van der Waals surface area contributed by atoms with Gasteiger partial charge >= 0.3 is 5.97 Å². The van der Waals surface area contributed by atoms with Crippen molar-refractivity contribution in [3.05, 3.63) is 59.7 Å². The summed E-state index contributed by atoms with van der Waals surface area (Å²) in [6.45, 7) is 0. The predicted molar refractivity (Wildman–Crippen MR) is 89.0 cm³/mol. The van der Waals surface area contributed by atoms with Gasteiger partial charge in [0.05, 0.1) is 6.42 Å². The molecule has 2 heteroatoms. The van der Waals surface area contributed by atoms with Gasteiger partial charge in [-0.2, -0.15) is 0 Å². The van der Waals surface area contributed by atoms with Gasteiger partial charge < -0.3 is 5.11 Å². The van der Waals surface area contributed by atoms with Crippen molar-refractivity contribution in [1.82, 2.24) is 0 Å². The number of hydrogen-bond donors (Lipinski definition) is 1. The van der Waals surface area contributed by atoms with E-state index >= 15 is 0 Å². The Balaban J connectivity index is 1.73. The van der Waals surface area contributed by atoms with Crippen LogP contribution >= 0.6 is 0 Å². The van der Waals surface area contributed by atoms with Gasteiger partial charge in [-0.1, -0.05) is 67.8 Å². The Kier molecular flexibility index (Phi) is 4.57. The van der Waals surface area contributed by atoms with Gasteiger partial charge in [0.2, 0.25) is 0 Å². The summed E-state index contributed by atoms with van der Waals surface area (Å²) in [5, 5.41) is 8.81. The molecule has 0 radical (unpaired) electrons. The average molecular weight is 294 g/mol. The van der Waals surface area contributed by atoms with E-state index in [1.165, 1.54) is 43.2 Å². The summed E-state index contributed by atoms with van der Waals surface area (Å²) in [6, 6.07) is 16.7. The lowest BCUT2D eigenvalue weighted by Gasteiger charge is -2.22. The molecule has 0 spiro atoms. The quantitative estimate of drug-likeness (QED) is 0.858. The molecule has 0 aliphatic heterocycles. The summed E-state index contributed by atoms with van der Waals surface area (Å²) in [7, 11) is 0. The van der Waals surface area contributed by atoms with E-state index in [2.05, 4.69) is 24.3 Å². The van der Waals surface area contributed by atoms with Crippen molar-refractivity contribution in [2.45, 2.75) is 44.4 Å². The Morgan fingerprint density at radius 3 is 1.95 bits per heavy atom. The third-order valence-corrected chi connectivity index (χ3v) is 4.63. The number of rotatable bonds is 4. The molecule has 0 atom stereocenters. The van der Waals surface area contributed by atoms with E-state index in [0.717, 1.165) is 17.0 Å². The van der Waals surface area contributed by atoms with E-state index in [0.29, 0.717) is 0 Å². The number of hydrogen-bond acceptors (Lipinski definition) is 1. The molecular weight excluding hydrogens is 272 g/mol. The van der Waals surface area contributed by atoms with Gasteiger partial charge in [-0.15, -0.1) is 0 Å². The van der Waals surface area contributed by atoms with Crippen LogP contribution in [0.1, 0.15) is 49.1 Å². The van der Waals surface area contributed by atoms with Crippen LogP contribution in [0.15, 0.2) is 48.5 Å². The van der Waals surface area contributed by atoms with Crippen molar-refractivity contribution >= 4 is 5.97 Å². The zero-order valence-electron chi connectivity index (χ0n) is 12.8. The monoisotopic (exact) mass is 294 g/mol. The first-order valence-corrected chi connectivity index (χ1v) is 8.13. The topological polar surface area (TPSA) is 37.3 Å². The molecule has 3 rings (SSSR count). The van der Waals surface area contributed by atoms with Crippen LogP contribution in [0.5, 0.6) is 0 Å². The maximum absolute atomic E-state index is 10.7. The summed E-state index contributed by atoms with van der Waals surface area (Å²) < 4.78 is 0. The summed E-state index contributed by atoms with van der Waals surface area (Å²) in [4.78, 5) is 10.7. The molecule has 114 valence electrons. The molecule has 2 nitrogen and oxygen atoms in total. The zero-order valence-corrected chi connectivity index (χ0v) is 12.8. The van der Waals surface area contributed by atoms with Crippen LogP contribution in [-0.4, -0.2) is 11.1 Å². The lowest BCUT2D eigenvalue weighted by atomic mass is 9.84. The molecule has 1 saturated carbocycles. The highest BCUT2D eigenvalue weighted by Crippen LogP contribution is 2.33.